The fourth-order valence-corrected chi connectivity index (χ4v) is 8.11. The molecule has 0 atom stereocenters. The molecule has 8 rings (SSSR count). The second-order valence-electron chi connectivity index (χ2n) is 16.6. The molecule has 2 aliphatic heterocycles. The molecule has 2 fully saturated rings. The van der Waals surface area contributed by atoms with E-state index in [0.717, 1.165) is 101 Å². The Labute approximate surface area is 388 Å². The largest absolute Gasteiger partial charge is 0.367 e. The van der Waals surface area contributed by atoms with Gasteiger partial charge in [-0.3, -0.25) is 19.6 Å². The van der Waals surface area contributed by atoms with Gasteiger partial charge in [-0.25, -0.2) is 17.6 Å². The molecule has 0 aliphatic carbocycles. The summed E-state index contributed by atoms with van der Waals surface area (Å²) in [7, 11) is 0. The molecule has 0 N–H and O–H groups in total. The lowest BCUT2D eigenvalue weighted by Gasteiger charge is -2.34. The zero-order chi connectivity index (χ0) is 45.8. The lowest BCUT2D eigenvalue weighted by atomic mass is 10.0. The second kappa shape index (κ2) is 25.8. The van der Waals surface area contributed by atoms with E-state index in [2.05, 4.69) is 92.4 Å². The van der Waals surface area contributed by atoms with Crippen molar-refractivity contribution < 1.29 is 27.0 Å². The fourth-order valence-electron chi connectivity index (χ4n) is 8.11. The van der Waals surface area contributed by atoms with E-state index in [1.807, 2.05) is 12.1 Å². The second-order valence-corrected chi connectivity index (χ2v) is 16.6. The third-order valence-electron chi connectivity index (χ3n) is 12.0. The molecular formula is C56H60F4N4O2. The molecule has 344 valence electrons. The van der Waals surface area contributed by atoms with Crippen molar-refractivity contribution in [3.05, 3.63) is 227 Å². The molecule has 0 radical (unpaired) electrons. The fraction of sp³-hybridized carbons (Fsp3) is 0.286. The van der Waals surface area contributed by atoms with Gasteiger partial charge < -0.3 is 9.47 Å². The van der Waals surface area contributed by atoms with Crippen molar-refractivity contribution >= 4 is 12.2 Å². The van der Waals surface area contributed by atoms with Crippen molar-refractivity contribution in [3.63, 3.8) is 0 Å². The van der Waals surface area contributed by atoms with Crippen LogP contribution in [0, 0.1) is 23.3 Å². The number of halogens is 4. The van der Waals surface area contributed by atoms with Crippen LogP contribution in [0.3, 0.4) is 0 Å². The smallest absolute Gasteiger partial charge is 0.123 e. The minimum absolute atomic E-state index is 0.284. The van der Waals surface area contributed by atoms with Crippen molar-refractivity contribution in [1.82, 2.24) is 19.6 Å². The van der Waals surface area contributed by atoms with Crippen molar-refractivity contribution in [3.8, 4) is 0 Å². The first kappa shape index (κ1) is 48.2. The maximum Gasteiger partial charge on any atom is 0.123 e. The van der Waals surface area contributed by atoms with Gasteiger partial charge in [0.05, 0.1) is 13.2 Å². The number of nitrogens with zero attached hydrogens (tertiary/aromatic N) is 4. The van der Waals surface area contributed by atoms with Crippen molar-refractivity contribution in [2.24, 2.45) is 0 Å². The molecule has 6 nitrogen and oxygen atoms in total. The van der Waals surface area contributed by atoms with Crippen LogP contribution in [-0.4, -0.2) is 111 Å². The molecule has 0 amide bonds. The number of benzene rings is 6. The van der Waals surface area contributed by atoms with Gasteiger partial charge in [0.25, 0.3) is 0 Å². The first-order valence-electron chi connectivity index (χ1n) is 22.9. The maximum absolute atomic E-state index is 13.4. The minimum Gasteiger partial charge on any atom is -0.367 e. The number of piperazine rings is 2. The summed E-state index contributed by atoms with van der Waals surface area (Å²) in [6.45, 7) is 12.8. The van der Waals surface area contributed by atoms with Gasteiger partial charge in [-0.05, 0) is 81.9 Å². The molecule has 0 saturated carbocycles. The first-order valence-corrected chi connectivity index (χ1v) is 22.9. The molecule has 0 bridgehead atoms. The highest BCUT2D eigenvalue weighted by molar-refractivity contribution is 5.49. The zero-order valence-corrected chi connectivity index (χ0v) is 37.5. The monoisotopic (exact) mass is 896 g/mol. The summed E-state index contributed by atoms with van der Waals surface area (Å²) >= 11 is 0. The SMILES string of the molecule is Fc1ccc(C(OCCN2CCN(C/C=C/c3ccccc3)CC2)c2ccc(F)cc2)cc1.Fc1ccc(C(OCCN2CCN(C/C=C/c3ccccc3)CC2)c2ccc(F)cc2)cc1. The summed E-state index contributed by atoms with van der Waals surface area (Å²) in [6, 6.07) is 46.0. The average Bonchev–Trinajstić information content (AvgIpc) is 3.35. The maximum atomic E-state index is 13.4. The van der Waals surface area contributed by atoms with Gasteiger partial charge in [0, 0.05) is 78.5 Å². The highest BCUT2D eigenvalue weighted by Gasteiger charge is 2.21. The summed E-state index contributed by atoms with van der Waals surface area (Å²) in [5.74, 6) is -1.14. The topological polar surface area (TPSA) is 31.4 Å². The number of rotatable bonds is 18. The minimum atomic E-state index is -0.351. The molecule has 2 saturated heterocycles. The van der Waals surface area contributed by atoms with Crippen LogP contribution in [0.1, 0.15) is 45.6 Å². The van der Waals surface area contributed by atoms with Crippen LogP contribution in [0.4, 0.5) is 17.6 Å². The summed E-state index contributed by atoms with van der Waals surface area (Å²) in [6.07, 6.45) is 8.09. The van der Waals surface area contributed by atoms with Crippen LogP contribution in [0.15, 0.2) is 170 Å². The number of hydrogen-bond acceptors (Lipinski definition) is 6. The molecule has 0 spiro atoms. The molecule has 0 unspecified atom stereocenters. The zero-order valence-electron chi connectivity index (χ0n) is 37.5. The highest BCUT2D eigenvalue weighted by Crippen LogP contribution is 2.28. The van der Waals surface area contributed by atoms with Gasteiger partial charge in [-0.1, -0.05) is 133 Å². The van der Waals surface area contributed by atoms with Crippen molar-refractivity contribution in [2.45, 2.75) is 12.2 Å². The Bertz CT molecular complexity index is 2070. The molecule has 2 aliphatic rings. The average molecular weight is 897 g/mol. The van der Waals surface area contributed by atoms with Crippen LogP contribution in [-0.2, 0) is 9.47 Å². The van der Waals surface area contributed by atoms with E-state index < -0.39 is 0 Å². The van der Waals surface area contributed by atoms with E-state index in [0.29, 0.717) is 13.2 Å². The summed E-state index contributed by atoms with van der Waals surface area (Å²) in [5, 5.41) is 0. The van der Waals surface area contributed by atoms with Crippen molar-refractivity contribution in [1.29, 1.82) is 0 Å². The van der Waals surface area contributed by atoms with Crippen LogP contribution in [0.5, 0.6) is 0 Å². The van der Waals surface area contributed by atoms with E-state index in [1.165, 1.54) is 59.7 Å². The summed E-state index contributed by atoms with van der Waals surface area (Å²) in [5.41, 5.74) is 5.89. The van der Waals surface area contributed by atoms with Gasteiger partial charge in [0.2, 0.25) is 0 Å². The quantitative estimate of drug-likeness (QED) is 0.0799. The summed E-state index contributed by atoms with van der Waals surface area (Å²) in [4.78, 5) is 9.72. The van der Waals surface area contributed by atoms with Crippen LogP contribution in [0.25, 0.3) is 12.2 Å². The Morgan fingerprint density at radius 3 is 0.924 bits per heavy atom. The third-order valence-corrected chi connectivity index (χ3v) is 12.0. The van der Waals surface area contributed by atoms with Gasteiger partial charge >= 0.3 is 0 Å². The molecular weight excluding hydrogens is 837 g/mol. The van der Waals surface area contributed by atoms with E-state index in [4.69, 9.17) is 9.47 Å². The van der Waals surface area contributed by atoms with E-state index >= 15 is 0 Å². The molecule has 6 aromatic rings. The van der Waals surface area contributed by atoms with Gasteiger partial charge in [-0.2, -0.15) is 0 Å². The Kier molecular flexibility index (Phi) is 18.9. The van der Waals surface area contributed by atoms with Gasteiger partial charge in [0.15, 0.2) is 0 Å². The standard InChI is InChI=1S/2C28H30F2N2O/c2*29-26-12-8-24(9-13-26)28(25-10-14-27(30)15-11-25)33-22-21-32-19-17-31(18-20-32)16-4-7-23-5-2-1-3-6-23/h2*1-15,28H,16-22H2/b2*7-4+. The highest BCUT2D eigenvalue weighted by atomic mass is 19.1. The summed E-state index contributed by atoms with van der Waals surface area (Å²) < 4.78 is 66.0. The van der Waals surface area contributed by atoms with Gasteiger partial charge in [0.1, 0.15) is 35.5 Å². The van der Waals surface area contributed by atoms with Crippen LogP contribution >= 0.6 is 0 Å². The lowest BCUT2D eigenvalue weighted by Crippen LogP contribution is -2.47. The Morgan fingerprint density at radius 1 is 0.364 bits per heavy atom. The number of ether oxygens (including phenoxy) is 2. The Morgan fingerprint density at radius 2 is 0.636 bits per heavy atom. The van der Waals surface area contributed by atoms with Crippen LogP contribution in [0.2, 0.25) is 0 Å². The van der Waals surface area contributed by atoms with E-state index in [-0.39, 0.29) is 35.5 Å². The van der Waals surface area contributed by atoms with Crippen molar-refractivity contribution in [2.75, 3.05) is 91.8 Å². The van der Waals surface area contributed by atoms with Gasteiger partial charge in [-0.15, -0.1) is 0 Å². The Hall–Kier alpha value is -5.72. The lowest BCUT2D eigenvalue weighted by molar-refractivity contribution is 0.0466. The van der Waals surface area contributed by atoms with Crippen LogP contribution < -0.4 is 0 Å². The first-order chi connectivity index (χ1) is 32.3. The third kappa shape index (κ3) is 15.7. The predicted molar refractivity (Wildman–Crippen MR) is 258 cm³/mol. The number of hydrogen-bond donors (Lipinski definition) is 0. The molecule has 6 aromatic carbocycles. The molecule has 66 heavy (non-hydrogen) atoms. The normalized spacial score (nSPS) is 15.5. The Balaban J connectivity index is 0.000000196. The molecule has 2 heterocycles. The molecule has 0 aromatic heterocycles. The predicted octanol–water partition coefficient (Wildman–Crippen LogP) is 10.8. The molecule has 10 heteroatoms. The van der Waals surface area contributed by atoms with E-state index in [9.17, 15) is 17.6 Å². The van der Waals surface area contributed by atoms with E-state index in [1.54, 1.807) is 48.5 Å².